The summed E-state index contributed by atoms with van der Waals surface area (Å²) in [5.41, 5.74) is -0.369. The third-order valence-corrected chi connectivity index (χ3v) is 4.31. The first-order valence-electron chi connectivity index (χ1n) is 8.07. The fourth-order valence-electron chi connectivity index (χ4n) is 2.89. The molecule has 0 amide bonds. The smallest absolute Gasteiger partial charge is 0.336 e. The van der Waals surface area contributed by atoms with Crippen LogP contribution in [0.5, 0.6) is 17.2 Å². The number of benzene rings is 1. The van der Waals surface area contributed by atoms with Crippen LogP contribution in [0.2, 0.25) is 0 Å². The zero-order chi connectivity index (χ0) is 19.7. The quantitative estimate of drug-likeness (QED) is 0.473. The minimum Gasteiger partial charge on any atom is -0.493 e. The molecule has 3 rings (SSSR count). The molecule has 2 heterocycles. The van der Waals surface area contributed by atoms with E-state index in [1.807, 2.05) is 0 Å². The maximum absolute atomic E-state index is 11.5. The van der Waals surface area contributed by atoms with Crippen molar-refractivity contribution in [1.29, 1.82) is 0 Å². The van der Waals surface area contributed by atoms with Crippen molar-refractivity contribution in [2.24, 2.45) is 0 Å². The van der Waals surface area contributed by atoms with E-state index in [4.69, 9.17) is 23.4 Å². The molecule has 4 N–H and O–H groups in total. The Morgan fingerprint density at radius 2 is 1.78 bits per heavy atom. The van der Waals surface area contributed by atoms with Gasteiger partial charge in [-0.25, -0.2) is 4.79 Å². The van der Waals surface area contributed by atoms with Gasteiger partial charge in [0.1, 0.15) is 30.0 Å². The highest BCUT2D eigenvalue weighted by molar-refractivity contribution is 5.89. The fourth-order valence-corrected chi connectivity index (χ4v) is 2.89. The number of ether oxygens (including phenoxy) is 4. The molecule has 1 aromatic heterocycles. The molecule has 0 aliphatic carbocycles. The standard InChI is InChI=1S/C17H20O10/c1-23-9-5-8-7(3-4-11(19)25-8)15(24-2)16(9)27-17-14(22)13(21)12(20)10(6-18)26-17/h3-5,10,12-14,17-18,20-22H,6H2,1-2H3/t10-,12-,13+,14-,17?/m1/s1. The normalized spacial score (nSPS) is 28.1. The van der Waals surface area contributed by atoms with Gasteiger partial charge in [-0.3, -0.25) is 0 Å². The molecular weight excluding hydrogens is 364 g/mol. The van der Waals surface area contributed by atoms with Crippen molar-refractivity contribution in [1.82, 2.24) is 0 Å². The van der Waals surface area contributed by atoms with Crippen molar-refractivity contribution in [2.45, 2.75) is 30.7 Å². The number of hydrogen-bond donors (Lipinski definition) is 4. The van der Waals surface area contributed by atoms with Crippen molar-refractivity contribution in [3.8, 4) is 17.2 Å². The number of rotatable bonds is 5. The predicted molar refractivity (Wildman–Crippen MR) is 90.0 cm³/mol. The van der Waals surface area contributed by atoms with Gasteiger partial charge in [-0.15, -0.1) is 0 Å². The number of methoxy groups -OCH3 is 2. The molecule has 10 heteroatoms. The van der Waals surface area contributed by atoms with E-state index < -0.39 is 42.9 Å². The summed E-state index contributed by atoms with van der Waals surface area (Å²) in [7, 11) is 2.71. The van der Waals surface area contributed by atoms with Gasteiger partial charge >= 0.3 is 5.63 Å². The second-order valence-corrected chi connectivity index (χ2v) is 5.92. The average Bonchev–Trinajstić information content (AvgIpc) is 2.67. The summed E-state index contributed by atoms with van der Waals surface area (Å²) in [6.07, 6.45) is -7.29. The molecule has 0 saturated carbocycles. The minimum atomic E-state index is -1.61. The Morgan fingerprint density at radius 3 is 2.41 bits per heavy atom. The Bertz CT molecular complexity index is 861. The molecule has 1 saturated heterocycles. The molecule has 1 aliphatic rings. The van der Waals surface area contributed by atoms with Gasteiger partial charge in [0.05, 0.1) is 26.2 Å². The zero-order valence-electron chi connectivity index (χ0n) is 14.6. The maximum Gasteiger partial charge on any atom is 0.336 e. The van der Waals surface area contributed by atoms with Gasteiger partial charge in [-0.2, -0.15) is 0 Å². The average molecular weight is 384 g/mol. The SMILES string of the molecule is COc1cc2oc(=O)ccc2c(OC)c1OC1O[C@H](CO)[C@@H](O)[C@H](O)[C@H]1O. The molecule has 27 heavy (non-hydrogen) atoms. The predicted octanol–water partition coefficient (Wildman–Crippen LogP) is -1.01. The Hall–Kier alpha value is -2.37. The van der Waals surface area contributed by atoms with E-state index in [1.54, 1.807) is 0 Å². The van der Waals surface area contributed by atoms with E-state index in [0.717, 1.165) is 0 Å². The van der Waals surface area contributed by atoms with Crippen LogP contribution < -0.4 is 19.8 Å². The van der Waals surface area contributed by atoms with Crippen LogP contribution in [-0.4, -0.2) is 72.0 Å². The van der Waals surface area contributed by atoms with Crippen LogP contribution in [0.1, 0.15) is 0 Å². The van der Waals surface area contributed by atoms with Gasteiger partial charge in [0.25, 0.3) is 0 Å². The van der Waals surface area contributed by atoms with Crippen LogP contribution in [0.4, 0.5) is 0 Å². The van der Waals surface area contributed by atoms with Gasteiger partial charge in [-0.05, 0) is 6.07 Å². The lowest BCUT2D eigenvalue weighted by Crippen LogP contribution is -2.60. The molecule has 5 atom stereocenters. The minimum absolute atomic E-state index is 0.0191. The number of aliphatic hydroxyl groups is 4. The lowest BCUT2D eigenvalue weighted by atomic mass is 9.99. The zero-order valence-corrected chi connectivity index (χ0v) is 14.6. The summed E-state index contributed by atoms with van der Waals surface area (Å²) in [6, 6.07) is 4.08. The first-order chi connectivity index (χ1) is 12.9. The summed E-state index contributed by atoms with van der Waals surface area (Å²) in [5.74, 6) is 0.279. The third kappa shape index (κ3) is 3.45. The maximum atomic E-state index is 11.5. The van der Waals surface area contributed by atoms with Crippen molar-refractivity contribution in [3.63, 3.8) is 0 Å². The van der Waals surface area contributed by atoms with Crippen LogP contribution in [-0.2, 0) is 4.74 Å². The highest BCUT2D eigenvalue weighted by Crippen LogP contribution is 2.44. The van der Waals surface area contributed by atoms with E-state index in [2.05, 4.69) is 0 Å². The van der Waals surface area contributed by atoms with Crippen LogP contribution in [0.3, 0.4) is 0 Å². The number of fused-ring (bicyclic) bond motifs is 1. The third-order valence-electron chi connectivity index (χ3n) is 4.31. The molecule has 1 unspecified atom stereocenters. The second kappa shape index (κ2) is 7.71. The Labute approximate surface area is 153 Å². The van der Waals surface area contributed by atoms with Crippen LogP contribution in [0, 0.1) is 0 Å². The van der Waals surface area contributed by atoms with Gasteiger partial charge in [0.15, 0.2) is 11.5 Å². The van der Waals surface area contributed by atoms with Crippen molar-refractivity contribution in [2.75, 3.05) is 20.8 Å². The number of aliphatic hydroxyl groups excluding tert-OH is 4. The van der Waals surface area contributed by atoms with E-state index in [9.17, 15) is 25.2 Å². The van der Waals surface area contributed by atoms with Gasteiger partial charge in [0, 0.05) is 12.1 Å². The second-order valence-electron chi connectivity index (χ2n) is 5.92. The molecule has 2 aromatic rings. The topological polar surface area (TPSA) is 148 Å². The number of hydrogen-bond acceptors (Lipinski definition) is 10. The summed E-state index contributed by atoms with van der Waals surface area (Å²) in [6.45, 7) is -0.595. The summed E-state index contributed by atoms with van der Waals surface area (Å²) in [4.78, 5) is 11.5. The van der Waals surface area contributed by atoms with E-state index in [-0.39, 0.29) is 22.8 Å². The Morgan fingerprint density at radius 1 is 1.04 bits per heavy atom. The molecular formula is C17H20O10. The first-order valence-corrected chi connectivity index (χ1v) is 8.07. The molecule has 1 aromatic carbocycles. The van der Waals surface area contributed by atoms with E-state index in [0.29, 0.717) is 5.39 Å². The Kier molecular flexibility index (Phi) is 5.53. The summed E-state index contributed by atoms with van der Waals surface area (Å²) in [5, 5.41) is 39.7. The van der Waals surface area contributed by atoms with Crippen molar-refractivity contribution >= 4 is 11.0 Å². The van der Waals surface area contributed by atoms with Gasteiger partial charge in [-0.1, -0.05) is 0 Å². The molecule has 1 aliphatic heterocycles. The van der Waals surface area contributed by atoms with Gasteiger partial charge < -0.3 is 43.8 Å². The first kappa shape index (κ1) is 19.4. The molecule has 0 bridgehead atoms. The highest BCUT2D eigenvalue weighted by atomic mass is 16.7. The van der Waals surface area contributed by atoms with Crippen molar-refractivity contribution in [3.05, 3.63) is 28.6 Å². The molecule has 0 spiro atoms. The van der Waals surface area contributed by atoms with Crippen LogP contribution >= 0.6 is 0 Å². The molecule has 10 nitrogen and oxygen atoms in total. The summed E-state index contributed by atoms with van der Waals surface area (Å²) >= 11 is 0. The molecule has 1 fully saturated rings. The molecule has 148 valence electrons. The lowest BCUT2D eigenvalue weighted by molar-refractivity contribution is -0.277. The van der Waals surface area contributed by atoms with Crippen molar-refractivity contribution < 1.29 is 43.8 Å². The van der Waals surface area contributed by atoms with E-state index >= 15 is 0 Å². The molecule has 0 radical (unpaired) electrons. The fraction of sp³-hybridized carbons (Fsp3) is 0.471. The van der Waals surface area contributed by atoms with Crippen LogP contribution in [0.15, 0.2) is 27.4 Å². The van der Waals surface area contributed by atoms with Crippen LogP contribution in [0.25, 0.3) is 11.0 Å². The Balaban J connectivity index is 2.05. The largest absolute Gasteiger partial charge is 0.493 e. The van der Waals surface area contributed by atoms with E-state index in [1.165, 1.54) is 32.4 Å². The highest BCUT2D eigenvalue weighted by Gasteiger charge is 2.45. The lowest BCUT2D eigenvalue weighted by Gasteiger charge is -2.39. The summed E-state index contributed by atoms with van der Waals surface area (Å²) < 4.78 is 26.7. The monoisotopic (exact) mass is 384 g/mol. The van der Waals surface area contributed by atoms with Gasteiger partial charge in [0.2, 0.25) is 12.0 Å².